The molecule has 0 radical (unpaired) electrons. The Kier molecular flexibility index (Phi) is 5.05. The summed E-state index contributed by atoms with van der Waals surface area (Å²) in [5.41, 5.74) is 8.02. The molecule has 4 heteroatoms. The molecule has 3 N–H and O–H groups in total. The van der Waals surface area contributed by atoms with Crippen molar-refractivity contribution < 1.29 is 0 Å². The van der Waals surface area contributed by atoms with E-state index in [1.807, 2.05) is 24.5 Å². The zero-order valence-electron chi connectivity index (χ0n) is 11.7. The van der Waals surface area contributed by atoms with E-state index >= 15 is 0 Å². The molecular weight excluding hydrogens is 260 g/mol. The number of thioether (sulfide) groups is 1. The summed E-state index contributed by atoms with van der Waals surface area (Å²) >= 11 is 6.84. The lowest BCUT2D eigenvalue weighted by atomic mass is 9.88. The highest BCUT2D eigenvalue weighted by atomic mass is 32.2. The highest BCUT2D eigenvalue weighted by molar-refractivity contribution is 7.98. The van der Waals surface area contributed by atoms with E-state index in [2.05, 4.69) is 33.0 Å². The van der Waals surface area contributed by atoms with Crippen LogP contribution in [0.4, 0.5) is 5.69 Å². The zero-order valence-corrected chi connectivity index (χ0v) is 13.3. The molecule has 0 amide bonds. The van der Waals surface area contributed by atoms with Crippen molar-refractivity contribution in [2.24, 2.45) is 11.1 Å². The Balaban J connectivity index is 3.13. The minimum absolute atomic E-state index is 0.183. The number of anilines is 1. The SMILES string of the molecule is CSc1cccc(NC(C)C(C)(C)C)c1C(N)=S. The van der Waals surface area contributed by atoms with Crippen molar-refractivity contribution in [1.29, 1.82) is 0 Å². The smallest absolute Gasteiger partial charge is 0.107 e. The van der Waals surface area contributed by atoms with Gasteiger partial charge in [-0.1, -0.05) is 39.1 Å². The topological polar surface area (TPSA) is 38.0 Å². The van der Waals surface area contributed by atoms with Crippen molar-refractivity contribution >= 4 is 34.7 Å². The van der Waals surface area contributed by atoms with E-state index in [0.29, 0.717) is 11.0 Å². The van der Waals surface area contributed by atoms with Gasteiger partial charge >= 0.3 is 0 Å². The van der Waals surface area contributed by atoms with Gasteiger partial charge in [-0.3, -0.25) is 0 Å². The van der Waals surface area contributed by atoms with Gasteiger partial charge in [-0.05, 0) is 30.7 Å². The summed E-state index contributed by atoms with van der Waals surface area (Å²) < 4.78 is 0. The maximum absolute atomic E-state index is 5.85. The van der Waals surface area contributed by atoms with Gasteiger partial charge in [0.15, 0.2) is 0 Å². The molecule has 0 saturated carbocycles. The summed E-state index contributed by atoms with van der Waals surface area (Å²) in [4.78, 5) is 1.57. The predicted octanol–water partition coefficient (Wildman–Crippen LogP) is 3.89. The monoisotopic (exact) mass is 282 g/mol. The van der Waals surface area contributed by atoms with Crippen molar-refractivity contribution in [3.05, 3.63) is 23.8 Å². The Morgan fingerprint density at radius 1 is 1.39 bits per heavy atom. The first-order chi connectivity index (χ1) is 8.27. The molecule has 0 aliphatic carbocycles. The number of nitrogens with one attached hydrogen (secondary N) is 1. The van der Waals surface area contributed by atoms with Crippen LogP contribution in [0, 0.1) is 5.41 Å². The van der Waals surface area contributed by atoms with E-state index in [0.717, 1.165) is 16.1 Å². The third-order valence-electron chi connectivity index (χ3n) is 3.16. The van der Waals surface area contributed by atoms with Crippen LogP contribution in [0.5, 0.6) is 0 Å². The Hall–Kier alpha value is -0.740. The van der Waals surface area contributed by atoms with E-state index in [9.17, 15) is 0 Å². The van der Waals surface area contributed by atoms with Gasteiger partial charge in [0.25, 0.3) is 0 Å². The third-order valence-corrected chi connectivity index (χ3v) is 4.15. The maximum atomic E-state index is 5.85. The van der Waals surface area contributed by atoms with Crippen molar-refractivity contribution in [3.63, 3.8) is 0 Å². The van der Waals surface area contributed by atoms with Crippen LogP contribution in [0.1, 0.15) is 33.3 Å². The molecule has 1 aromatic carbocycles. The lowest BCUT2D eigenvalue weighted by Gasteiger charge is -2.30. The molecule has 0 aliphatic heterocycles. The fourth-order valence-corrected chi connectivity index (χ4v) is 2.45. The predicted molar refractivity (Wildman–Crippen MR) is 86.7 cm³/mol. The molecule has 0 saturated heterocycles. The summed E-state index contributed by atoms with van der Waals surface area (Å²) in [7, 11) is 0. The Morgan fingerprint density at radius 3 is 2.44 bits per heavy atom. The molecule has 2 nitrogen and oxygen atoms in total. The standard InChI is InChI=1S/C14H22N2S2/c1-9(14(2,3)4)16-10-7-6-8-11(18-5)12(10)13(15)17/h6-9,16H,1-5H3,(H2,15,17). The normalized spacial score (nSPS) is 13.2. The Labute approximate surface area is 120 Å². The second kappa shape index (κ2) is 5.93. The number of thiocarbonyl (C=S) groups is 1. The molecule has 1 atom stereocenters. The lowest BCUT2D eigenvalue weighted by molar-refractivity contribution is 0.359. The van der Waals surface area contributed by atoms with Crippen LogP contribution in [-0.2, 0) is 0 Å². The minimum atomic E-state index is 0.183. The Morgan fingerprint density at radius 2 is 2.00 bits per heavy atom. The molecule has 100 valence electrons. The van der Waals surface area contributed by atoms with Gasteiger partial charge < -0.3 is 11.1 Å². The lowest BCUT2D eigenvalue weighted by Crippen LogP contribution is -2.31. The molecule has 0 aromatic heterocycles. The van der Waals surface area contributed by atoms with E-state index in [1.165, 1.54) is 0 Å². The van der Waals surface area contributed by atoms with E-state index in [1.54, 1.807) is 11.8 Å². The molecule has 0 heterocycles. The molecule has 1 unspecified atom stereocenters. The van der Waals surface area contributed by atoms with Crippen LogP contribution < -0.4 is 11.1 Å². The van der Waals surface area contributed by atoms with Crippen LogP contribution in [0.15, 0.2) is 23.1 Å². The van der Waals surface area contributed by atoms with E-state index in [-0.39, 0.29) is 5.41 Å². The molecule has 0 fully saturated rings. The van der Waals surface area contributed by atoms with Crippen LogP contribution in [0.3, 0.4) is 0 Å². The molecule has 0 aliphatic rings. The minimum Gasteiger partial charge on any atom is -0.389 e. The van der Waals surface area contributed by atoms with Crippen LogP contribution in [0.2, 0.25) is 0 Å². The Bertz CT molecular complexity index is 436. The highest BCUT2D eigenvalue weighted by Gasteiger charge is 2.21. The van der Waals surface area contributed by atoms with E-state index < -0.39 is 0 Å². The van der Waals surface area contributed by atoms with Gasteiger partial charge in [0.1, 0.15) is 4.99 Å². The first-order valence-electron chi connectivity index (χ1n) is 6.00. The molecule has 0 bridgehead atoms. The van der Waals surface area contributed by atoms with Crippen LogP contribution in [-0.4, -0.2) is 17.3 Å². The van der Waals surface area contributed by atoms with Crippen molar-refractivity contribution in [2.75, 3.05) is 11.6 Å². The largest absolute Gasteiger partial charge is 0.389 e. The quantitative estimate of drug-likeness (QED) is 0.649. The van der Waals surface area contributed by atoms with Crippen molar-refractivity contribution in [3.8, 4) is 0 Å². The molecule has 18 heavy (non-hydrogen) atoms. The fourth-order valence-electron chi connectivity index (χ4n) is 1.53. The average molecular weight is 282 g/mol. The van der Waals surface area contributed by atoms with Gasteiger partial charge in [0.05, 0.1) is 0 Å². The summed E-state index contributed by atoms with van der Waals surface area (Å²) in [6.07, 6.45) is 2.04. The molecule has 1 aromatic rings. The third kappa shape index (κ3) is 3.62. The first kappa shape index (κ1) is 15.3. The molecule has 1 rings (SSSR count). The second-order valence-corrected chi connectivity index (χ2v) is 6.77. The van der Waals surface area contributed by atoms with Crippen molar-refractivity contribution in [1.82, 2.24) is 0 Å². The highest BCUT2D eigenvalue weighted by Crippen LogP contribution is 2.30. The first-order valence-corrected chi connectivity index (χ1v) is 7.64. The summed E-state index contributed by atoms with van der Waals surface area (Å²) in [6.45, 7) is 8.81. The number of rotatable bonds is 4. The average Bonchev–Trinajstić information content (AvgIpc) is 2.26. The number of benzene rings is 1. The van der Waals surface area contributed by atoms with Crippen LogP contribution in [0.25, 0.3) is 0 Å². The summed E-state index contributed by atoms with van der Waals surface area (Å²) in [5.74, 6) is 0. The van der Waals surface area contributed by atoms with Gasteiger partial charge in [-0.15, -0.1) is 11.8 Å². The summed E-state index contributed by atoms with van der Waals surface area (Å²) in [6, 6.07) is 6.45. The van der Waals surface area contributed by atoms with Crippen LogP contribution >= 0.6 is 24.0 Å². The van der Waals surface area contributed by atoms with E-state index in [4.69, 9.17) is 18.0 Å². The molecular formula is C14H22N2S2. The van der Waals surface area contributed by atoms with Gasteiger partial charge in [-0.2, -0.15) is 0 Å². The number of hydrogen-bond acceptors (Lipinski definition) is 3. The van der Waals surface area contributed by atoms with Gasteiger partial charge in [-0.25, -0.2) is 0 Å². The zero-order chi connectivity index (χ0) is 13.9. The second-order valence-electron chi connectivity index (χ2n) is 5.48. The molecule has 0 spiro atoms. The number of nitrogens with two attached hydrogens (primary N) is 1. The van der Waals surface area contributed by atoms with Gasteiger partial charge in [0.2, 0.25) is 0 Å². The number of hydrogen-bond donors (Lipinski definition) is 2. The maximum Gasteiger partial charge on any atom is 0.107 e. The van der Waals surface area contributed by atoms with Crippen molar-refractivity contribution in [2.45, 2.75) is 38.6 Å². The van der Waals surface area contributed by atoms with Gasteiger partial charge in [0, 0.05) is 22.2 Å². The summed E-state index contributed by atoms with van der Waals surface area (Å²) in [5, 5.41) is 3.53. The fraction of sp³-hybridized carbons (Fsp3) is 0.500.